The van der Waals surface area contributed by atoms with E-state index in [0.29, 0.717) is 18.2 Å². The highest BCUT2D eigenvalue weighted by molar-refractivity contribution is 7.90. The second kappa shape index (κ2) is 7.00. The standard InChI is InChI=1S/C15H20N4O4S/c1-11(2)10-18-7-6-16-15(18)9-17-12-4-5-13(19(20)21)14(8-12)24(3,22)23/h4-8,11,17H,9-10H2,1-3H3. The molecule has 1 aromatic heterocycles. The lowest BCUT2D eigenvalue weighted by Gasteiger charge is -2.12. The zero-order chi connectivity index (χ0) is 17.9. The monoisotopic (exact) mass is 352 g/mol. The minimum atomic E-state index is -3.70. The van der Waals surface area contributed by atoms with Gasteiger partial charge >= 0.3 is 0 Å². The normalized spacial score (nSPS) is 11.7. The highest BCUT2D eigenvalue weighted by atomic mass is 32.2. The number of benzene rings is 1. The summed E-state index contributed by atoms with van der Waals surface area (Å²) in [5.41, 5.74) is 0.0597. The van der Waals surface area contributed by atoms with Gasteiger partial charge in [0.25, 0.3) is 5.69 Å². The molecule has 130 valence electrons. The lowest BCUT2D eigenvalue weighted by molar-refractivity contribution is -0.387. The molecule has 0 fully saturated rings. The van der Waals surface area contributed by atoms with Crippen LogP contribution in [0.5, 0.6) is 0 Å². The van der Waals surface area contributed by atoms with Gasteiger partial charge in [0.2, 0.25) is 0 Å². The van der Waals surface area contributed by atoms with E-state index >= 15 is 0 Å². The minimum Gasteiger partial charge on any atom is -0.378 e. The summed E-state index contributed by atoms with van der Waals surface area (Å²) in [4.78, 5) is 14.3. The van der Waals surface area contributed by atoms with E-state index in [1.807, 2.05) is 10.8 Å². The summed E-state index contributed by atoms with van der Waals surface area (Å²) >= 11 is 0. The summed E-state index contributed by atoms with van der Waals surface area (Å²) in [6, 6.07) is 3.96. The molecule has 8 nitrogen and oxygen atoms in total. The predicted molar refractivity (Wildman–Crippen MR) is 90.6 cm³/mol. The third kappa shape index (κ3) is 4.31. The molecule has 0 spiro atoms. The van der Waals surface area contributed by atoms with Crippen LogP contribution in [0.4, 0.5) is 11.4 Å². The van der Waals surface area contributed by atoms with Crippen LogP contribution in [-0.2, 0) is 22.9 Å². The fourth-order valence-electron chi connectivity index (χ4n) is 2.32. The number of nitrogens with one attached hydrogen (secondary N) is 1. The molecule has 0 aliphatic rings. The molecule has 0 saturated heterocycles. The molecule has 24 heavy (non-hydrogen) atoms. The first-order valence-electron chi connectivity index (χ1n) is 7.41. The van der Waals surface area contributed by atoms with Crippen LogP contribution in [0.2, 0.25) is 0 Å². The molecule has 1 N–H and O–H groups in total. The van der Waals surface area contributed by atoms with E-state index in [1.165, 1.54) is 18.2 Å². The maximum absolute atomic E-state index is 11.8. The quantitative estimate of drug-likeness (QED) is 0.606. The van der Waals surface area contributed by atoms with Crippen molar-refractivity contribution in [3.05, 3.63) is 46.5 Å². The van der Waals surface area contributed by atoms with E-state index in [1.54, 1.807) is 6.20 Å². The Balaban J connectivity index is 2.23. The van der Waals surface area contributed by atoms with Gasteiger partial charge in [-0.25, -0.2) is 13.4 Å². The number of hydrogen-bond donors (Lipinski definition) is 1. The van der Waals surface area contributed by atoms with E-state index < -0.39 is 20.4 Å². The van der Waals surface area contributed by atoms with Crippen molar-refractivity contribution in [2.45, 2.75) is 31.8 Å². The zero-order valence-electron chi connectivity index (χ0n) is 13.8. The van der Waals surface area contributed by atoms with E-state index in [9.17, 15) is 18.5 Å². The van der Waals surface area contributed by atoms with Gasteiger partial charge in [0.05, 0.1) is 11.5 Å². The summed E-state index contributed by atoms with van der Waals surface area (Å²) in [6.07, 6.45) is 4.54. The third-order valence-electron chi connectivity index (χ3n) is 3.37. The van der Waals surface area contributed by atoms with Gasteiger partial charge in [0.1, 0.15) is 10.7 Å². The second-order valence-corrected chi connectivity index (χ2v) is 7.94. The molecule has 1 aromatic carbocycles. The Hall–Kier alpha value is -2.42. The largest absolute Gasteiger partial charge is 0.378 e. The highest BCUT2D eigenvalue weighted by Gasteiger charge is 2.22. The van der Waals surface area contributed by atoms with Gasteiger partial charge in [-0.2, -0.15) is 0 Å². The van der Waals surface area contributed by atoms with Crippen LogP contribution >= 0.6 is 0 Å². The van der Waals surface area contributed by atoms with Gasteiger partial charge in [-0.05, 0) is 18.1 Å². The average molecular weight is 352 g/mol. The number of sulfone groups is 1. The topological polar surface area (TPSA) is 107 Å². The molecule has 2 aromatic rings. The molecular formula is C15H20N4O4S. The Labute approximate surface area is 140 Å². The number of hydrogen-bond acceptors (Lipinski definition) is 6. The zero-order valence-corrected chi connectivity index (χ0v) is 14.6. The molecule has 1 heterocycles. The van der Waals surface area contributed by atoms with Crippen LogP contribution in [0.1, 0.15) is 19.7 Å². The Kier molecular flexibility index (Phi) is 5.23. The van der Waals surface area contributed by atoms with Crippen LogP contribution in [0.3, 0.4) is 0 Å². The lowest BCUT2D eigenvalue weighted by atomic mass is 10.2. The summed E-state index contributed by atoms with van der Waals surface area (Å²) < 4.78 is 25.6. The molecule has 0 radical (unpaired) electrons. The second-order valence-electron chi connectivity index (χ2n) is 5.96. The molecule has 0 unspecified atom stereocenters. The van der Waals surface area contributed by atoms with Gasteiger partial charge in [-0.1, -0.05) is 13.8 Å². The molecule has 9 heteroatoms. The number of aromatic nitrogens is 2. The SMILES string of the molecule is CC(C)Cn1ccnc1CNc1ccc([N+](=O)[O-])c(S(C)(=O)=O)c1. The average Bonchev–Trinajstić information content (AvgIpc) is 2.90. The first-order chi connectivity index (χ1) is 11.2. The highest BCUT2D eigenvalue weighted by Crippen LogP contribution is 2.27. The van der Waals surface area contributed by atoms with Crippen LogP contribution < -0.4 is 5.32 Å². The summed E-state index contributed by atoms with van der Waals surface area (Å²) in [5.74, 6) is 1.28. The molecule has 0 aliphatic carbocycles. The number of nitro groups is 1. The lowest BCUT2D eigenvalue weighted by Crippen LogP contribution is -2.12. The van der Waals surface area contributed by atoms with Crippen molar-refractivity contribution >= 4 is 21.2 Å². The Morgan fingerprint density at radius 1 is 1.38 bits per heavy atom. The van der Waals surface area contributed by atoms with Crippen molar-refractivity contribution in [2.75, 3.05) is 11.6 Å². The van der Waals surface area contributed by atoms with E-state index in [4.69, 9.17) is 0 Å². The van der Waals surface area contributed by atoms with Crippen LogP contribution in [0.15, 0.2) is 35.5 Å². The molecule has 0 amide bonds. The van der Waals surface area contributed by atoms with Gasteiger partial charge in [-0.15, -0.1) is 0 Å². The fourth-order valence-corrected chi connectivity index (χ4v) is 3.18. The van der Waals surface area contributed by atoms with Crippen LogP contribution in [0, 0.1) is 16.0 Å². The number of imidazole rings is 1. The number of nitro benzene ring substituents is 1. The van der Waals surface area contributed by atoms with Crippen molar-refractivity contribution in [1.29, 1.82) is 0 Å². The van der Waals surface area contributed by atoms with Gasteiger partial charge < -0.3 is 9.88 Å². The maximum Gasteiger partial charge on any atom is 0.288 e. The Morgan fingerprint density at radius 2 is 2.08 bits per heavy atom. The summed E-state index contributed by atoms with van der Waals surface area (Å²) in [6.45, 7) is 5.42. The van der Waals surface area contributed by atoms with Crippen molar-refractivity contribution in [3.63, 3.8) is 0 Å². The Bertz CT molecular complexity index is 843. The van der Waals surface area contributed by atoms with Gasteiger partial charge in [-0.3, -0.25) is 10.1 Å². The molecule has 2 rings (SSSR count). The summed E-state index contributed by atoms with van der Waals surface area (Å²) in [7, 11) is -3.70. The van der Waals surface area contributed by atoms with E-state index in [2.05, 4.69) is 24.1 Å². The van der Waals surface area contributed by atoms with Crippen molar-refractivity contribution in [3.8, 4) is 0 Å². The molecule has 0 bridgehead atoms. The van der Waals surface area contributed by atoms with E-state index in [-0.39, 0.29) is 4.90 Å². The molecule has 0 aliphatic heterocycles. The number of anilines is 1. The predicted octanol–water partition coefficient (Wildman–Crippen LogP) is 2.46. The van der Waals surface area contributed by atoms with Crippen LogP contribution in [0.25, 0.3) is 0 Å². The fraction of sp³-hybridized carbons (Fsp3) is 0.400. The van der Waals surface area contributed by atoms with Crippen LogP contribution in [-0.4, -0.2) is 29.1 Å². The van der Waals surface area contributed by atoms with E-state index in [0.717, 1.165) is 18.6 Å². The minimum absolute atomic E-state index is 0.303. The van der Waals surface area contributed by atoms with Gasteiger partial charge in [0, 0.05) is 36.9 Å². The Morgan fingerprint density at radius 3 is 2.67 bits per heavy atom. The van der Waals surface area contributed by atoms with Gasteiger partial charge in [0.15, 0.2) is 9.84 Å². The van der Waals surface area contributed by atoms with Crippen molar-refractivity contribution in [2.24, 2.45) is 5.92 Å². The number of rotatable bonds is 7. The molecular weight excluding hydrogens is 332 g/mol. The smallest absolute Gasteiger partial charge is 0.288 e. The summed E-state index contributed by atoms with van der Waals surface area (Å²) in [5, 5.41) is 14.0. The first kappa shape index (κ1) is 17.9. The maximum atomic E-state index is 11.8. The third-order valence-corrected chi connectivity index (χ3v) is 4.50. The first-order valence-corrected chi connectivity index (χ1v) is 9.30. The van der Waals surface area contributed by atoms with Crippen molar-refractivity contribution < 1.29 is 13.3 Å². The molecule has 0 atom stereocenters. The molecule has 0 saturated carbocycles. The number of nitrogens with zero attached hydrogens (tertiary/aromatic N) is 3. The van der Waals surface area contributed by atoms with Crippen molar-refractivity contribution in [1.82, 2.24) is 9.55 Å².